The van der Waals surface area contributed by atoms with E-state index in [0.717, 1.165) is 24.2 Å². The fraction of sp³-hybridized carbons (Fsp3) is 0.462. The van der Waals surface area contributed by atoms with Crippen LogP contribution in [0.2, 0.25) is 0 Å². The van der Waals surface area contributed by atoms with Crippen molar-refractivity contribution in [3.8, 4) is 0 Å². The number of ketones is 1. The Kier molecular flexibility index (Phi) is 3.05. The van der Waals surface area contributed by atoms with E-state index in [9.17, 15) is 4.79 Å². The molecule has 0 spiro atoms. The Labute approximate surface area is 90.7 Å². The SMILES string of the molecule is CC(=O)c1ccc2c(c1)NCCCCC2. The quantitative estimate of drug-likeness (QED) is 0.711. The normalized spacial score (nSPS) is 15.8. The summed E-state index contributed by atoms with van der Waals surface area (Å²) < 4.78 is 0. The topological polar surface area (TPSA) is 29.1 Å². The summed E-state index contributed by atoms with van der Waals surface area (Å²) in [5.41, 5.74) is 3.31. The second-order valence-electron chi connectivity index (χ2n) is 4.17. The van der Waals surface area contributed by atoms with Crippen LogP contribution in [0, 0.1) is 0 Å². The molecule has 1 aromatic rings. The summed E-state index contributed by atoms with van der Waals surface area (Å²) in [4.78, 5) is 11.3. The van der Waals surface area contributed by atoms with Crippen LogP contribution in [-0.4, -0.2) is 12.3 Å². The number of Topliss-reactive ketones (excluding diaryl/α,β-unsaturated/α-hetero) is 1. The number of hydrogen-bond donors (Lipinski definition) is 1. The molecular formula is C13H17NO. The van der Waals surface area contributed by atoms with Crippen molar-refractivity contribution < 1.29 is 4.79 Å². The first-order valence-corrected chi connectivity index (χ1v) is 5.65. The second-order valence-corrected chi connectivity index (χ2v) is 4.17. The molecule has 1 aliphatic heterocycles. The van der Waals surface area contributed by atoms with Crippen molar-refractivity contribution in [2.24, 2.45) is 0 Å². The van der Waals surface area contributed by atoms with Crippen molar-refractivity contribution >= 4 is 11.5 Å². The molecular weight excluding hydrogens is 186 g/mol. The largest absolute Gasteiger partial charge is 0.385 e. The van der Waals surface area contributed by atoms with Gasteiger partial charge in [0.2, 0.25) is 0 Å². The fourth-order valence-electron chi connectivity index (χ4n) is 2.02. The van der Waals surface area contributed by atoms with Gasteiger partial charge in [0.05, 0.1) is 0 Å². The van der Waals surface area contributed by atoms with Crippen LogP contribution in [0.4, 0.5) is 5.69 Å². The maximum atomic E-state index is 11.3. The number of anilines is 1. The van der Waals surface area contributed by atoms with Gasteiger partial charge in [0.25, 0.3) is 0 Å². The highest BCUT2D eigenvalue weighted by atomic mass is 16.1. The molecule has 1 aliphatic rings. The molecule has 1 heterocycles. The lowest BCUT2D eigenvalue weighted by molar-refractivity contribution is 0.101. The Hall–Kier alpha value is -1.31. The molecule has 1 N–H and O–H groups in total. The standard InChI is InChI=1S/C13H17NO/c1-10(15)12-7-6-11-5-3-2-4-8-14-13(11)9-12/h6-7,9,14H,2-5,8H2,1H3. The van der Waals surface area contributed by atoms with Crippen LogP contribution in [0.15, 0.2) is 18.2 Å². The lowest BCUT2D eigenvalue weighted by Crippen LogP contribution is -2.08. The molecule has 0 unspecified atom stereocenters. The van der Waals surface area contributed by atoms with Gasteiger partial charge in [-0.25, -0.2) is 0 Å². The zero-order valence-corrected chi connectivity index (χ0v) is 9.18. The number of nitrogens with one attached hydrogen (secondary N) is 1. The number of hydrogen-bond acceptors (Lipinski definition) is 2. The van der Waals surface area contributed by atoms with E-state index >= 15 is 0 Å². The van der Waals surface area contributed by atoms with Gasteiger partial charge in [0, 0.05) is 17.8 Å². The van der Waals surface area contributed by atoms with Gasteiger partial charge >= 0.3 is 0 Å². The molecule has 0 radical (unpaired) electrons. The molecule has 15 heavy (non-hydrogen) atoms. The lowest BCUT2D eigenvalue weighted by atomic mass is 10.00. The van der Waals surface area contributed by atoms with E-state index < -0.39 is 0 Å². The molecule has 80 valence electrons. The summed E-state index contributed by atoms with van der Waals surface area (Å²) in [6.45, 7) is 2.64. The third-order valence-electron chi connectivity index (χ3n) is 2.95. The van der Waals surface area contributed by atoms with E-state index in [1.807, 2.05) is 12.1 Å². The van der Waals surface area contributed by atoms with Crippen LogP contribution in [0.1, 0.15) is 42.1 Å². The minimum atomic E-state index is 0.140. The highest BCUT2D eigenvalue weighted by Crippen LogP contribution is 2.22. The summed E-state index contributed by atoms with van der Waals surface area (Å²) in [7, 11) is 0. The number of rotatable bonds is 1. The summed E-state index contributed by atoms with van der Waals surface area (Å²) in [5.74, 6) is 0.140. The summed E-state index contributed by atoms with van der Waals surface area (Å²) in [5, 5.41) is 3.41. The Morgan fingerprint density at radius 2 is 2.13 bits per heavy atom. The lowest BCUT2D eigenvalue weighted by Gasteiger charge is -2.16. The molecule has 0 aliphatic carbocycles. The minimum Gasteiger partial charge on any atom is -0.385 e. The molecule has 0 aromatic heterocycles. The van der Waals surface area contributed by atoms with Crippen molar-refractivity contribution in [3.05, 3.63) is 29.3 Å². The van der Waals surface area contributed by atoms with Gasteiger partial charge in [0.1, 0.15) is 0 Å². The summed E-state index contributed by atoms with van der Waals surface area (Å²) in [6, 6.07) is 6.01. The van der Waals surface area contributed by atoms with Gasteiger partial charge in [-0.05, 0) is 37.8 Å². The van der Waals surface area contributed by atoms with Gasteiger partial charge in [-0.1, -0.05) is 18.6 Å². The van der Waals surface area contributed by atoms with Crippen LogP contribution in [0.3, 0.4) is 0 Å². The average Bonchev–Trinajstić information content (AvgIpc) is 2.18. The highest BCUT2D eigenvalue weighted by molar-refractivity contribution is 5.95. The van der Waals surface area contributed by atoms with Crippen molar-refractivity contribution in [2.75, 3.05) is 11.9 Å². The van der Waals surface area contributed by atoms with Gasteiger partial charge in [-0.3, -0.25) is 4.79 Å². The van der Waals surface area contributed by atoms with E-state index in [-0.39, 0.29) is 5.78 Å². The molecule has 2 rings (SSSR count). The number of fused-ring (bicyclic) bond motifs is 1. The molecule has 2 heteroatoms. The average molecular weight is 203 g/mol. The number of benzene rings is 1. The monoisotopic (exact) mass is 203 g/mol. The molecule has 0 amide bonds. The van der Waals surface area contributed by atoms with E-state index in [1.165, 1.54) is 24.8 Å². The molecule has 0 fully saturated rings. The van der Waals surface area contributed by atoms with Crippen molar-refractivity contribution in [1.29, 1.82) is 0 Å². The van der Waals surface area contributed by atoms with E-state index in [4.69, 9.17) is 0 Å². The van der Waals surface area contributed by atoms with Crippen LogP contribution in [-0.2, 0) is 6.42 Å². The Balaban J connectivity index is 2.31. The second kappa shape index (κ2) is 4.47. The predicted octanol–water partition coefficient (Wildman–Crippen LogP) is 3.03. The van der Waals surface area contributed by atoms with Gasteiger partial charge in [0.15, 0.2) is 5.78 Å². The summed E-state index contributed by atoms with van der Waals surface area (Å²) in [6.07, 6.45) is 4.90. The van der Waals surface area contributed by atoms with Crippen LogP contribution >= 0.6 is 0 Å². The third-order valence-corrected chi connectivity index (χ3v) is 2.95. The first kappa shape index (κ1) is 10.2. The number of aryl methyl sites for hydroxylation is 1. The van der Waals surface area contributed by atoms with Gasteiger partial charge in [-0.2, -0.15) is 0 Å². The zero-order chi connectivity index (χ0) is 10.7. The first-order chi connectivity index (χ1) is 7.27. The molecule has 0 bridgehead atoms. The van der Waals surface area contributed by atoms with Crippen molar-refractivity contribution in [2.45, 2.75) is 32.6 Å². The maximum Gasteiger partial charge on any atom is 0.159 e. The highest BCUT2D eigenvalue weighted by Gasteiger charge is 2.08. The van der Waals surface area contributed by atoms with E-state index in [0.29, 0.717) is 0 Å². The van der Waals surface area contributed by atoms with E-state index in [2.05, 4.69) is 11.4 Å². The molecule has 1 aromatic carbocycles. The van der Waals surface area contributed by atoms with Crippen LogP contribution in [0.25, 0.3) is 0 Å². The third kappa shape index (κ3) is 2.38. The van der Waals surface area contributed by atoms with Crippen LogP contribution in [0.5, 0.6) is 0 Å². The first-order valence-electron chi connectivity index (χ1n) is 5.65. The molecule has 0 saturated carbocycles. The molecule has 0 atom stereocenters. The number of carbonyl (C=O) groups excluding carboxylic acids is 1. The van der Waals surface area contributed by atoms with Gasteiger partial charge < -0.3 is 5.32 Å². The van der Waals surface area contributed by atoms with Crippen LogP contribution < -0.4 is 5.32 Å². The Morgan fingerprint density at radius 3 is 2.93 bits per heavy atom. The summed E-state index contributed by atoms with van der Waals surface area (Å²) >= 11 is 0. The Bertz CT molecular complexity index is 371. The predicted molar refractivity (Wildman–Crippen MR) is 62.5 cm³/mol. The van der Waals surface area contributed by atoms with Crippen molar-refractivity contribution in [3.63, 3.8) is 0 Å². The smallest absolute Gasteiger partial charge is 0.159 e. The van der Waals surface area contributed by atoms with E-state index in [1.54, 1.807) is 6.92 Å². The zero-order valence-electron chi connectivity index (χ0n) is 9.18. The molecule has 2 nitrogen and oxygen atoms in total. The minimum absolute atomic E-state index is 0.140. The molecule has 0 saturated heterocycles. The van der Waals surface area contributed by atoms with Gasteiger partial charge in [-0.15, -0.1) is 0 Å². The Morgan fingerprint density at radius 1 is 1.27 bits per heavy atom. The van der Waals surface area contributed by atoms with Crippen molar-refractivity contribution in [1.82, 2.24) is 0 Å². The number of carbonyl (C=O) groups is 1. The fourth-order valence-corrected chi connectivity index (χ4v) is 2.02. The maximum absolute atomic E-state index is 11.3.